The topological polar surface area (TPSA) is 54.1 Å². The number of fused-ring (bicyclic) bond motifs is 1. The molecule has 1 aromatic heterocycles. The van der Waals surface area contributed by atoms with Gasteiger partial charge in [-0.3, -0.25) is 4.79 Å². The van der Waals surface area contributed by atoms with Crippen LogP contribution in [0.5, 0.6) is 0 Å². The number of rotatable bonds is 4. The van der Waals surface area contributed by atoms with Gasteiger partial charge in [0.15, 0.2) is 0 Å². The molecule has 1 saturated heterocycles. The summed E-state index contributed by atoms with van der Waals surface area (Å²) in [5.74, 6) is 0. The Hall–Kier alpha value is -1.65. The average molecular weight is 286 g/mol. The average Bonchev–Trinajstić information content (AvgIpc) is 2.93. The van der Waals surface area contributed by atoms with Gasteiger partial charge in [0.05, 0.1) is 11.6 Å². The van der Waals surface area contributed by atoms with E-state index in [-0.39, 0.29) is 5.56 Å². The van der Waals surface area contributed by atoms with E-state index in [0.717, 1.165) is 48.0 Å². The van der Waals surface area contributed by atoms with Crippen molar-refractivity contribution in [3.8, 4) is 0 Å². The number of benzene rings is 1. The molecule has 112 valence electrons. The van der Waals surface area contributed by atoms with E-state index in [4.69, 9.17) is 4.74 Å². The third-order valence-corrected chi connectivity index (χ3v) is 4.08. The molecule has 4 nitrogen and oxygen atoms in total. The van der Waals surface area contributed by atoms with Crippen LogP contribution in [0, 0.1) is 13.8 Å². The van der Waals surface area contributed by atoms with Gasteiger partial charge < -0.3 is 15.0 Å². The maximum Gasteiger partial charge on any atom is 0.252 e. The number of H-pyrrole nitrogens is 1. The summed E-state index contributed by atoms with van der Waals surface area (Å²) in [5.41, 5.74) is 4.04. The van der Waals surface area contributed by atoms with Gasteiger partial charge in [0, 0.05) is 25.3 Å². The summed E-state index contributed by atoms with van der Waals surface area (Å²) in [7, 11) is 0. The standard InChI is InChI=1S/C17H22N2O2/c1-11-6-12(2)16-13(7-11)8-14(17(20)19-16)9-18-10-15-4-3-5-21-15/h6-8,15,18H,3-5,9-10H2,1-2H3,(H,19,20). The molecule has 1 aromatic carbocycles. The normalized spacial score (nSPS) is 18.5. The van der Waals surface area contributed by atoms with Gasteiger partial charge in [0.1, 0.15) is 0 Å². The highest BCUT2D eigenvalue weighted by atomic mass is 16.5. The van der Waals surface area contributed by atoms with E-state index in [1.54, 1.807) is 0 Å². The monoisotopic (exact) mass is 286 g/mol. The van der Waals surface area contributed by atoms with Crippen molar-refractivity contribution in [1.82, 2.24) is 10.3 Å². The molecule has 0 bridgehead atoms. The fraction of sp³-hybridized carbons (Fsp3) is 0.471. The predicted molar refractivity (Wildman–Crippen MR) is 84.7 cm³/mol. The third-order valence-electron chi connectivity index (χ3n) is 4.08. The van der Waals surface area contributed by atoms with Gasteiger partial charge in [-0.05, 0) is 49.8 Å². The van der Waals surface area contributed by atoms with E-state index < -0.39 is 0 Å². The summed E-state index contributed by atoms with van der Waals surface area (Å²) >= 11 is 0. The lowest BCUT2D eigenvalue weighted by molar-refractivity contribution is 0.110. The van der Waals surface area contributed by atoms with Gasteiger partial charge in [-0.15, -0.1) is 0 Å². The van der Waals surface area contributed by atoms with Crippen LogP contribution in [0.1, 0.15) is 29.5 Å². The number of nitrogens with one attached hydrogen (secondary N) is 2. The van der Waals surface area contributed by atoms with Crippen LogP contribution in [-0.4, -0.2) is 24.2 Å². The number of hydrogen-bond donors (Lipinski definition) is 2. The van der Waals surface area contributed by atoms with Gasteiger partial charge in [0.25, 0.3) is 5.56 Å². The maximum absolute atomic E-state index is 12.2. The molecule has 0 aliphatic carbocycles. The Morgan fingerprint density at radius 1 is 1.33 bits per heavy atom. The molecule has 0 radical (unpaired) electrons. The van der Waals surface area contributed by atoms with Crippen molar-refractivity contribution in [3.05, 3.63) is 45.2 Å². The summed E-state index contributed by atoms with van der Waals surface area (Å²) in [5, 5.41) is 4.43. The van der Waals surface area contributed by atoms with Crippen LogP contribution in [0.3, 0.4) is 0 Å². The highest BCUT2D eigenvalue weighted by Gasteiger charge is 2.14. The number of aromatic amines is 1. The molecule has 2 aromatic rings. The smallest absolute Gasteiger partial charge is 0.252 e. The van der Waals surface area contributed by atoms with Crippen molar-refractivity contribution in [2.75, 3.05) is 13.2 Å². The predicted octanol–water partition coefficient (Wildman–Crippen LogP) is 2.41. The SMILES string of the molecule is Cc1cc(C)c2[nH]c(=O)c(CNCC3CCCO3)cc2c1. The summed E-state index contributed by atoms with van der Waals surface area (Å²) in [6, 6.07) is 6.20. The molecule has 4 heteroatoms. The van der Waals surface area contributed by atoms with Gasteiger partial charge in [0.2, 0.25) is 0 Å². The van der Waals surface area contributed by atoms with Crippen LogP contribution >= 0.6 is 0 Å². The molecule has 2 N–H and O–H groups in total. The maximum atomic E-state index is 12.2. The number of pyridine rings is 1. The third kappa shape index (κ3) is 3.17. The van der Waals surface area contributed by atoms with Crippen LogP contribution in [0.15, 0.2) is 23.0 Å². The summed E-state index contributed by atoms with van der Waals surface area (Å²) in [6.07, 6.45) is 2.55. The molecule has 0 amide bonds. The Labute approximate surface area is 124 Å². The van der Waals surface area contributed by atoms with Crippen molar-refractivity contribution in [2.24, 2.45) is 0 Å². The van der Waals surface area contributed by atoms with Crippen LogP contribution in [0.2, 0.25) is 0 Å². The molecular formula is C17H22N2O2. The molecule has 1 aliphatic heterocycles. The van der Waals surface area contributed by atoms with E-state index in [2.05, 4.69) is 29.4 Å². The van der Waals surface area contributed by atoms with Gasteiger partial charge in [-0.25, -0.2) is 0 Å². The molecule has 3 rings (SSSR count). The molecule has 1 fully saturated rings. The zero-order chi connectivity index (χ0) is 14.8. The molecule has 2 heterocycles. The minimum Gasteiger partial charge on any atom is -0.377 e. The molecule has 0 spiro atoms. The lowest BCUT2D eigenvalue weighted by atomic mass is 10.1. The lowest BCUT2D eigenvalue weighted by Crippen LogP contribution is -2.28. The van der Waals surface area contributed by atoms with Gasteiger partial charge >= 0.3 is 0 Å². The van der Waals surface area contributed by atoms with Crippen LogP contribution in [0.4, 0.5) is 0 Å². The zero-order valence-corrected chi connectivity index (χ0v) is 12.7. The summed E-state index contributed by atoms with van der Waals surface area (Å²) < 4.78 is 5.57. The Kier molecular flexibility index (Phi) is 4.08. The number of hydrogen-bond acceptors (Lipinski definition) is 3. The van der Waals surface area contributed by atoms with E-state index in [0.29, 0.717) is 12.6 Å². The Bertz CT molecular complexity index is 700. The van der Waals surface area contributed by atoms with Crippen molar-refractivity contribution >= 4 is 10.9 Å². The van der Waals surface area contributed by atoms with Crippen molar-refractivity contribution in [2.45, 2.75) is 39.3 Å². The van der Waals surface area contributed by atoms with Crippen LogP contribution < -0.4 is 10.9 Å². The quantitative estimate of drug-likeness (QED) is 0.907. The molecule has 1 unspecified atom stereocenters. The summed E-state index contributed by atoms with van der Waals surface area (Å²) in [6.45, 7) is 6.36. The second-order valence-electron chi connectivity index (χ2n) is 5.94. The highest BCUT2D eigenvalue weighted by Crippen LogP contribution is 2.18. The second kappa shape index (κ2) is 6.00. The number of aryl methyl sites for hydroxylation is 2. The highest BCUT2D eigenvalue weighted by molar-refractivity contribution is 5.82. The molecule has 21 heavy (non-hydrogen) atoms. The van der Waals surface area contributed by atoms with Gasteiger partial charge in [-0.2, -0.15) is 0 Å². The Morgan fingerprint density at radius 2 is 2.19 bits per heavy atom. The fourth-order valence-corrected chi connectivity index (χ4v) is 3.04. The Balaban J connectivity index is 1.78. The first-order valence-corrected chi connectivity index (χ1v) is 7.59. The van der Waals surface area contributed by atoms with Crippen molar-refractivity contribution < 1.29 is 4.74 Å². The van der Waals surface area contributed by atoms with Crippen LogP contribution in [0.25, 0.3) is 10.9 Å². The number of aromatic nitrogens is 1. The lowest BCUT2D eigenvalue weighted by Gasteiger charge is -2.11. The van der Waals surface area contributed by atoms with Crippen molar-refractivity contribution in [1.29, 1.82) is 0 Å². The van der Waals surface area contributed by atoms with E-state index in [9.17, 15) is 4.79 Å². The fourth-order valence-electron chi connectivity index (χ4n) is 3.04. The molecule has 1 atom stereocenters. The van der Waals surface area contributed by atoms with Gasteiger partial charge in [-0.1, -0.05) is 11.6 Å². The second-order valence-corrected chi connectivity index (χ2v) is 5.94. The molecule has 0 saturated carbocycles. The largest absolute Gasteiger partial charge is 0.377 e. The first-order chi connectivity index (χ1) is 10.1. The van der Waals surface area contributed by atoms with Crippen molar-refractivity contribution in [3.63, 3.8) is 0 Å². The van der Waals surface area contributed by atoms with Crippen LogP contribution in [-0.2, 0) is 11.3 Å². The minimum absolute atomic E-state index is 0.00528. The molecule has 1 aliphatic rings. The zero-order valence-electron chi connectivity index (χ0n) is 12.7. The first-order valence-electron chi connectivity index (χ1n) is 7.59. The first kappa shape index (κ1) is 14.3. The number of ether oxygens (including phenoxy) is 1. The molecular weight excluding hydrogens is 264 g/mol. The van der Waals surface area contributed by atoms with E-state index in [1.807, 2.05) is 13.0 Å². The summed E-state index contributed by atoms with van der Waals surface area (Å²) in [4.78, 5) is 15.2. The van der Waals surface area contributed by atoms with E-state index in [1.165, 1.54) is 5.56 Å². The van der Waals surface area contributed by atoms with E-state index >= 15 is 0 Å². The minimum atomic E-state index is -0.00528. The Morgan fingerprint density at radius 3 is 2.95 bits per heavy atom.